The first-order chi connectivity index (χ1) is 11.8. The second kappa shape index (κ2) is 6.77. The molecule has 0 spiro atoms. The van der Waals surface area contributed by atoms with Crippen LogP contribution in [0.15, 0.2) is 18.2 Å². The summed E-state index contributed by atoms with van der Waals surface area (Å²) in [5, 5.41) is 0. The largest absolute Gasteiger partial charge is 0.444 e. The third kappa shape index (κ3) is 4.02. The lowest BCUT2D eigenvalue weighted by molar-refractivity contribution is 0.0784. The maximum Gasteiger partial charge on any atom is 0.414 e. The fraction of sp³-hybridized carbons (Fsp3) is 0.533. The lowest BCUT2D eigenvalue weighted by Crippen LogP contribution is -2.52. The number of amides is 1. The van der Waals surface area contributed by atoms with Gasteiger partial charge in [-0.2, -0.15) is 8.42 Å². The van der Waals surface area contributed by atoms with Crippen molar-refractivity contribution in [1.29, 1.82) is 0 Å². The topological polar surface area (TPSA) is 96.4 Å². The van der Waals surface area contributed by atoms with E-state index in [1.807, 2.05) is 4.90 Å². The molecule has 0 saturated carbocycles. The van der Waals surface area contributed by atoms with Crippen LogP contribution in [0.1, 0.15) is 6.42 Å². The summed E-state index contributed by atoms with van der Waals surface area (Å²) in [5.74, 6) is -0.955. The van der Waals surface area contributed by atoms with Crippen LogP contribution in [0, 0.1) is 5.82 Å². The molecule has 0 radical (unpaired) electrons. The second-order valence-electron chi connectivity index (χ2n) is 6.09. The van der Waals surface area contributed by atoms with Crippen LogP contribution >= 0.6 is 0 Å². The van der Waals surface area contributed by atoms with E-state index in [4.69, 9.17) is 14.0 Å². The van der Waals surface area contributed by atoms with Crippen LogP contribution in [0.3, 0.4) is 0 Å². The SMILES string of the molecule is COC1CN(c2ccc(N3C[C@@H](CCS(=O)(=O)O)OC3=O)cc2F)C1. The summed E-state index contributed by atoms with van der Waals surface area (Å²) in [7, 11) is -2.51. The Hall–Kier alpha value is -1.91. The highest BCUT2D eigenvalue weighted by molar-refractivity contribution is 7.85. The fourth-order valence-electron chi connectivity index (χ4n) is 2.87. The average molecular weight is 374 g/mol. The maximum atomic E-state index is 14.4. The Morgan fingerprint density at radius 1 is 1.36 bits per heavy atom. The van der Waals surface area contributed by atoms with Crippen LogP contribution < -0.4 is 9.80 Å². The molecule has 2 fully saturated rings. The lowest BCUT2D eigenvalue weighted by atomic mass is 10.1. The molecule has 1 amide bonds. The summed E-state index contributed by atoms with van der Waals surface area (Å²) >= 11 is 0. The van der Waals surface area contributed by atoms with Gasteiger partial charge < -0.3 is 14.4 Å². The van der Waals surface area contributed by atoms with E-state index in [0.29, 0.717) is 24.5 Å². The zero-order chi connectivity index (χ0) is 18.2. The number of halogens is 1. The molecule has 1 atom stereocenters. The Kier molecular flexibility index (Phi) is 4.85. The molecule has 138 valence electrons. The molecule has 25 heavy (non-hydrogen) atoms. The maximum absolute atomic E-state index is 14.4. The van der Waals surface area contributed by atoms with Crippen LogP contribution in [-0.2, 0) is 19.6 Å². The molecular formula is C15H19FN2O6S. The van der Waals surface area contributed by atoms with Gasteiger partial charge in [0.2, 0.25) is 0 Å². The number of carbonyl (C=O) groups is 1. The van der Waals surface area contributed by atoms with Crippen molar-refractivity contribution >= 4 is 27.6 Å². The molecule has 1 N–H and O–H groups in total. The first-order valence-electron chi connectivity index (χ1n) is 7.77. The number of benzene rings is 1. The van der Waals surface area contributed by atoms with Crippen molar-refractivity contribution in [2.75, 3.05) is 42.3 Å². The van der Waals surface area contributed by atoms with E-state index in [9.17, 15) is 17.6 Å². The molecule has 2 aliphatic heterocycles. The van der Waals surface area contributed by atoms with Gasteiger partial charge in [0.25, 0.3) is 10.1 Å². The molecule has 0 unspecified atom stereocenters. The first-order valence-corrected chi connectivity index (χ1v) is 9.38. The van der Waals surface area contributed by atoms with E-state index in [-0.39, 0.29) is 19.1 Å². The summed E-state index contributed by atoms with van der Waals surface area (Å²) in [6, 6.07) is 4.46. The Labute approximate surface area is 144 Å². The lowest BCUT2D eigenvalue weighted by Gasteiger charge is -2.40. The molecule has 2 saturated heterocycles. The van der Waals surface area contributed by atoms with Gasteiger partial charge in [0.15, 0.2) is 0 Å². The Morgan fingerprint density at radius 2 is 2.08 bits per heavy atom. The number of hydrogen-bond acceptors (Lipinski definition) is 6. The molecular weight excluding hydrogens is 355 g/mol. The molecule has 2 heterocycles. The molecule has 2 aliphatic rings. The Morgan fingerprint density at radius 3 is 2.68 bits per heavy atom. The van der Waals surface area contributed by atoms with Crippen molar-refractivity contribution in [3.63, 3.8) is 0 Å². The average Bonchev–Trinajstić information content (AvgIpc) is 2.86. The van der Waals surface area contributed by atoms with E-state index in [1.54, 1.807) is 19.2 Å². The monoisotopic (exact) mass is 374 g/mol. The first kappa shape index (κ1) is 17.9. The zero-order valence-corrected chi connectivity index (χ0v) is 14.4. The third-order valence-electron chi connectivity index (χ3n) is 4.34. The molecule has 8 nitrogen and oxygen atoms in total. The van der Waals surface area contributed by atoms with Gasteiger partial charge in [-0.1, -0.05) is 0 Å². The van der Waals surface area contributed by atoms with Gasteiger partial charge in [0.1, 0.15) is 11.9 Å². The minimum absolute atomic E-state index is 0.0200. The summed E-state index contributed by atoms with van der Waals surface area (Å²) in [4.78, 5) is 15.0. The van der Waals surface area contributed by atoms with Gasteiger partial charge in [0, 0.05) is 26.6 Å². The number of cyclic esters (lactones) is 1. The number of methoxy groups -OCH3 is 1. The smallest absolute Gasteiger partial charge is 0.414 e. The van der Waals surface area contributed by atoms with Gasteiger partial charge in [-0.3, -0.25) is 9.45 Å². The molecule has 0 aliphatic carbocycles. The van der Waals surface area contributed by atoms with Gasteiger partial charge in [0.05, 0.1) is 29.8 Å². The van der Waals surface area contributed by atoms with Gasteiger partial charge in [-0.15, -0.1) is 0 Å². The van der Waals surface area contributed by atoms with Crippen molar-refractivity contribution in [2.45, 2.75) is 18.6 Å². The van der Waals surface area contributed by atoms with E-state index in [1.165, 1.54) is 11.0 Å². The number of carbonyl (C=O) groups excluding carboxylic acids is 1. The number of ether oxygens (including phenoxy) is 2. The predicted octanol–water partition coefficient (Wildman–Crippen LogP) is 1.26. The van der Waals surface area contributed by atoms with Gasteiger partial charge in [-0.25, -0.2) is 9.18 Å². The fourth-order valence-corrected chi connectivity index (χ4v) is 3.43. The summed E-state index contributed by atoms with van der Waals surface area (Å²) < 4.78 is 54.9. The number of nitrogens with zero attached hydrogens (tertiary/aromatic N) is 2. The highest BCUT2D eigenvalue weighted by Crippen LogP contribution is 2.30. The van der Waals surface area contributed by atoms with Crippen LogP contribution in [0.25, 0.3) is 0 Å². The molecule has 1 aromatic carbocycles. The van der Waals surface area contributed by atoms with E-state index < -0.39 is 33.9 Å². The molecule has 3 rings (SSSR count). The molecule has 1 aromatic rings. The number of rotatable bonds is 6. The van der Waals surface area contributed by atoms with Gasteiger partial charge >= 0.3 is 6.09 Å². The van der Waals surface area contributed by atoms with E-state index >= 15 is 0 Å². The number of anilines is 2. The Bertz CT molecular complexity index is 765. The quantitative estimate of drug-likeness (QED) is 0.749. The van der Waals surface area contributed by atoms with E-state index in [2.05, 4.69) is 0 Å². The highest BCUT2D eigenvalue weighted by atomic mass is 32.2. The number of hydrogen-bond donors (Lipinski definition) is 1. The van der Waals surface area contributed by atoms with Crippen molar-refractivity contribution < 1.29 is 31.6 Å². The molecule has 10 heteroatoms. The van der Waals surface area contributed by atoms with Crippen molar-refractivity contribution in [2.24, 2.45) is 0 Å². The summed E-state index contributed by atoms with van der Waals surface area (Å²) in [6.07, 6.45) is -1.27. The van der Waals surface area contributed by atoms with Crippen LogP contribution in [0.2, 0.25) is 0 Å². The van der Waals surface area contributed by atoms with Crippen molar-refractivity contribution in [3.8, 4) is 0 Å². The molecule has 0 aromatic heterocycles. The summed E-state index contributed by atoms with van der Waals surface area (Å²) in [6.45, 7) is 1.31. The minimum Gasteiger partial charge on any atom is -0.444 e. The second-order valence-corrected chi connectivity index (χ2v) is 7.66. The van der Waals surface area contributed by atoms with Crippen molar-refractivity contribution in [3.05, 3.63) is 24.0 Å². The molecule has 0 bridgehead atoms. The minimum atomic E-state index is -4.12. The van der Waals surface area contributed by atoms with Gasteiger partial charge in [-0.05, 0) is 18.2 Å². The van der Waals surface area contributed by atoms with Crippen LogP contribution in [-0.4, -0.2) is 63.8 Å². The highest BCUT2D eigenvalue weighted by Gasteiger charge is 2.34. The Balaban J connectivity index is 1.66. The summed E-state index contributed by atoms with van der Waals surface area (Å²) in [5.41, 5.74) is 0.775. The normalized spacial score (nSPS) is 21.4. The zero-order valence-electron chi connectivity index (χ0n) is 13.6. The van der Waals surface area contributed by atoms with E-state index in [0.717, 1.165) is 0 Å². The standard InChI is InChI=1S/C15H19FN2O6S/c1-23-12-7-17(8-12)14-3-2-10(6-13(14)16)18-9-11(24-15(18)19)4-5-25(20,21)22/h2-3,6,11-12H,4-5,7-9H2,1H3,(H,20,21,22)/t11-/m1/s1. The van der Waals surface area contributed by atoms with Crippen LogP contribution in [0.5, 0.6) is 0 Å². The predicted molar refractivity (Wildman–Crippen MR) is 88.1 cm³/mol. The van der Waals surface area contributed by atoms with Crippen molar-refractivity contribution in [1.82, 2.24) is 0 Å². The third-order valence-corrected chi connectivity index (χ3v) is 5.09. The van der Waals surface area contributed by atoms with Crippen LogP contribution in [0.4, 0.5) is 20.6 Å².